The first-order valence-electron chi connectivity index (χ1n) is 10.4. The fourth-order valence-corrected chi connectivity index (χ4v) is 8.02. The monoisotopic (exact) mass is 411 g/mol. The van der Waals surface area contributed by atoms with Crippen molar-refractivity contribution in [2.45, 2.75) is 68.5 Å². The molecule has 7 atom stereocenters. The molecule has 3 N–H and O–H groups in total. The third-order valence-electron chi connectivity index (χ3n) is 6.71. The van der Waals surface area contributed by atoms with Gasteiger partial charge in [-0.1, -0.05) is 20.3 Å². The topological polar surface area (TPSA) is 98.7 Å². The van der Waals surface area contributed by atoms with Gasteiger partial charge in [-0.2, -0.15) is 0 Å². The van der Waals surface area contributed by atoms with Gasteiger partial charge in [0.2, 0.25) is 17.7 Å². The van der Waals surface area contributed by atoms with Gasteiger partial charge < -0.3 is 20.6 Å². The van der Waals surface area contributed by atoms with Crippen LogP contribution in [-0.2, 0) is 14.4 Å². The first kappa shape index (κ1) is 21.4. The van der Waals surface area contributed by atoms with Gasteiger partial charge in [-0.3, -0.25) is 14.4 Å². The van der Waals surface area contributed by atoms with E-state index in [1.807, 2.05) is 6.92 Å². The van der Waals surface area contributed by atoms with Crippen LogP contribution in [0.3, 0.4) is 0 Å². The fourth-order valence-electron chi connectivity index (χ4n) is 5.59. The predicted octanol–water partition coefficient (Wildman–Crippen LogP) is 0.757. The summed E-state index contributed by atoms with van der Waals surface area (Å²) in [6.07, 6.45) is 3.12. The molecular weight excluding hydrogens is 378 g/mol. The van der Waals surface area contributed by atoms with Gasteiger partial charge in [-0.25, -0.2) is 0 Å². The van der Waals surface area contributed by atoms with Gasteiger partial charge in [0, 0.05) is 31.5 Å². The Hall–Kier alpha value is -1.28. The molecule has 0 aromatic heterocycles. The number of likely N-dealkylation sites (tertiary alicyclic amines) is 1. The molecule has 7 nitrogen and oxygen atoms in total. The van der Waals surface area contributed by atoms with E-state index in [0.29, 0.717) is 13.0 Å². The van der Waals surface area contributed by atoms with Crippen molar-refractivity contribution in [2.75, 3.05) is 20.2 Å². The lowest BCUT2D eigenvalue weighted by atomic mass is 9.66. The van der Waals surface area contributed by atoms with Crippen molar-refractivity contribution in [3.8, 4) is 0 Å². The van der Waals surface area contributed by atoms with Crippen LogP contribution >= 0.6 is 11.8 Å². The van der Waals surface area contributed by atoms with Crippen molar-refractivity contribution in [3.05, 3.63) is 0 Å². The summed E-state index contributed by atoms with van der Waals surface area (Å²) in [5.41, 5.74) is 0. The molecule has 0 aromatic rings. The molecule has 0 radical (unpaired) electrons. The van der Waals surface area contributed by atoms with Crippen molar-refractivity contribution in [2.24, 2.45) is 17.8 Å². The minimum Gasteiger partial charge on any atom is -0.396 e. The van der Waals surface area contributed by atoms with Crippen molar-refractivity contribution in [1.29, 1.82) is 0 Å². The summed E-state index contributed by atoms with van der Waals surface area (Å²) in [4.78, 5) is 41.1. The molecule has 8 heteroatoms. The summed E-state index contributed by atoms with van der Waals surface area (Å²) in [6, 6.07) is -0.549. The number of carbonyl (C=O) groups is 3. The van der Waals surface area contributed by atoms with Gasteiger partial charge in [-0.15, -0.1) is 11.8 Å². The number of fused-ring (bicyclic) bond motifs is 1. The molecule has 3 aliphatic rings. The molecule has 4 unspecified atom stereocenters. The van der Waals surface area contributed by atoms with Gasteiger partial charge in [0.1, 0.15) is 6.04 Å². The highest BCUT2D eigenvalue weighted by Crippen LogP contribution is 2.68. The number of thioether (sulfide) groups is 1. The second kappa shape index (κ2) is 8.22. The van der Waals surface area contributed by atoms with Crippen LogP contribution in [0, 0.1) is 17.8 Å². The molecule has 3 rings (SSSR count). The average Bonchev–Trinajstić information content (AvgIpc) is 3.23. The van der Waals surface area contributed by atoms with E-state index in [2.05, 4.69) is 24.5 Å². The summed E-state index contributed by atoms with van der Waals surface area (Å²) in [5, 5.41) is 15.2. The van der Waals surface area contributed by atoms with E-state index in [1.54, 1.807) is 23.7 Å². The highest BCUT2D eigenvalue weighted by molar-refractivity contribution is 8.02. The first-order chi connectivity index (χ1) is 13.3. The molecule has 3 heterocycles. The molecule has 28 heavy (non-hydrogen) atoms. The van der Waals surface area contributed by atoms with Crippen molar-refractivity contribution >= 4 is 29.5 Å². The van der Waals surface area contributed by atoms with E-state index >= 15 is 0 Å². The number of amides is 3. The van der Waals surface area contributed by atoms with E-state index in [-0.39, 0.29) is 47.5 Å². The Morgan fingerprint density at radius 1 is 1.39 bits per heavy atom. The third-order valence-corrected chi connectivity index (χ3v) is 8.79. The van der Waals surface area contributed by atoms with E-state index < -0.39 is 16.7 Å². The van der Waals surface area contributed by atoms with Gasteiger partial charge in [0.05, 0.1) is 16.6 Å². The summed E-state index contributed by atoms with van der Waals surface area (Å²) in [7, 11) is 1.61. The highest BCUT2D eigenvalue weighted by atomic mass is 32.2. The minimum atomic E-state index is -0.587. The number of hydrogen-bond acceptors (Lipinski definition) is 5. The maximum absolute atomic E-state index is 13.5. The number of rotatable bonds is 8. The molecule has 1 spiro atoms. The Morgan fingerprint density at radius 3 is 2.71 bits per heavy atom. The zero-order valence-electron chi connectivity index (χ0n) is 17.2. The standard InChI is InChI=1S/C20H33N3O4S/c1-5-7-12(3)22-18(26)16-20-11(2)10-13(28-20)14(17(25)21-4)15(20)19(27)23(16)8-6-9-24/h11-16,24H,5-10H2,1-4H3,(H,21,25)(H,22,26)/t11?,12?,13-,14+,15+,16?,20?/m1/s1. The number of aliphatic hydroxyl groups excluding tert-OH is 1. The molecule has 3 fully saturated rings. The second-order valence-corrected chi connectivity index (χ2v) is 10.0. The Balaban J connectivity index is 1.98. The SMILES string of the molecule is CCCC(C)NC(=O)C1N(CCCO)C(=O)[C@@H]2[C@@H](C(=O)NC)[C@H]3CC(C)C12S3. The van der Waals surface area contributed by atoms with Crippen LogP contribution in [0.5, 0.6) is 0 Å². The fraction of sp³-hybridized carbons (Fsp3) is 0.850. The smallest absolute Gasteiger partial charge is 0.244 e. The molecule has 3 saturated heterocycles. The Labute approximate surface area is 171 Å². The normalized spacial score (nSPS) is 37.1. The van der Waals surface area contributed by atoms with Crippen LogP contribution in [-0.4, -0.2) is 70.0 Å². The second-order valence-electron chi connectivity index (χ2n) is 8.47. The Bertz CT molecular complexity index is 645. The highest BCUT2D eigenvalue weighted by Gasteiger charge is 2.75. The number of nitrogens with one attached hydrogen (secondary N) is 2. The van der Waals surface area contributed by atoms with E-state index in [1.165, 1.54) is 0 Å². The van der Waals surface area contributed by atoms with Crippen LogP contribution in [0.2, 0.25) is 0 Å². The Morgan fingerprint density at radius 2 is 2.11 bits per heavy atom. The number of carbonyl (C=O) groups excluding carboxylic acids is 3. The van der Waals surface area contributed by atoms with E-state index in [4.69, 9.17) is 0 Å². The molecule has 0 aromatic carbocycles. The van der Waals surface area contributed by atoms with Gasteiger partial charge in [0.15, 0.2) is 0 Å². The lowest BCUT2D eigenvalue weighted by Gasteiger charge is -2.39. The average molecular weight is 412 g/mol. The van der Waals surface area contributed by atoms with Crippen LogP contribution in [0.1, 0.15) is 46.5 Å². The van der Waals surface area contributed by atoms with Gasteiger partial charge in [0.25, 0.3) is 0 Å². The first-order valence-corrected chi connectivity index (χ1v) is 11.3. The molecule has 2 bridgehead atoms. The van der Waals surface area contributed by atoms with Gasteiger partial charge in [-0.05, 0) is 32.1 Å². The van der Waals surface area contributed by atoms with E-state index in [0.717, 1.165) is 19.3 Å². The summed E-state index contributed by atoms with van der Waals surface area (Å²) in [6.45, 7) is 6.48. The number of nitrogens with zero attached hydrogens (tertiary/aromatic N) is 1. The third kappa shape index (κ3) is 3.12. The molecular formula is C20H33N3O4S. The van der Waals surface area contributed by atoms with Crippen molar-refractivity contribution in [3.63, 3.8) is 0 Å². The predicted molar refractivity (Wildman–Crippen MR) is 109 cm³/mol. The largest absolute Gasteiger partial charge is 0.396 e. The van der Waals surface area contributed by atoms with E-state index in [9.17, 15) is 19.5 Å². The van der Waals surface area contributed by atoms with Gasteiger partial charge >= 0.3 is 0 Å². The number of aliphatic hydroxyl groups is 1. The maximum atomic E-state index is 13.5. The maximum Gasteiger partial charge on any atom is 0.244 e. The number of hydrogen-bond donors (Lipinski definition) is 3. The summed E-state index contributed by atoms with van der Waals surface area (Å²) >= 11 is 1.68. The lowest BCUT2D eigenvalue weighted by Crippen LogP contribution is -2.57. The molecule has 3 aliphatic heterocycles. The molecule has 3 amide bonds. The minimum absolute atomic E-state index is 0.0355. The van der Waals surface area contributed by atoms with Crippen molar-refractivity contribution < 1.29 is 19.5 Å². The van der Waals surface area contributed by atoms with Crippen LogP contribution in [0.15, 0.2) is 0 Å². The zero-order chi connectivity index (χ0) is 20.6. The molecule has 0 aliphatic carbocycles. The molecule has 0 saturated carbocycles. The summed E-state index contributed by atoms with van der Waals surface area (Å²) in [5.74, 6) is -1.01. The Kier molecular flexibility index (Phi) is 6.29. The quantitative estimate of drug-likeness (QED) is 0.548. The van der Waals surface area contributed by atoms with Crippen LogP contribution in [0.25, 0.3) is 0 Å². The zero-order valence-corrected chi connectivity index (χ0v) is 18.1. The van der Waals surface area contributed by atoms with Crippen LogP contribution in [0.4, 0.5) is 0 Å². The van der Waals surface area contributed by atoms with Crippen molar-refractivity contribution in [1.82, 2.24) is 15.5 Å². The lowest BCUT2D eigenvalue weighted by molar-refractivity contribution is -0.140. The molecule has 158 valence electrons. The van der Waals surface area contributed by atoms with Crippen LogP contribution < -0.4 is 10.6 Å². The summed E-state index contributed by atoms with van der Waals surface area (Å²) < 4.78 is -0.565.